The molecule has 0 aliphatic heterocycles. The van der Waals surface area contributed by atoms with Gasteiger partial charge in [-0.25, -0.2) is 0 Å². The smallest absolute Gasteiger partial charge is 0.0667 e. The predicted octanol–water partition coefficient (Wildman–Crippen LogP) is 3.20. The summed E-state index contributed by atoms with van der Waals surface area (Å²) in [5.74, 6) is 1.31. The molecule has 2 heteroatoms. The summed E-state index contributed by atoms with van der Waals surface area (Å²) < 4.78 is 0. The summed E-state index contributed by atoms with van der Waals surface area (Å²) in [4.78, 5) is 0. The van der Waals surface area contributed by atoms with Crippen molar-refractivity contribution in [2.75, 3.05) is 6.54 Å². The third-order valence-corrected chi connectivity index (χ3v) is 4.05. The van der Waals surface area contributed by atoms with Crippen molar-refractivity contribution >= 4 is 0 Å². The van der Waals surface area contributed by atoms with Crippen molar-refractivity contribution in [3.05, 3.63) is 0 Å². The van der Waals surface area contributed by atoms with Crippen LogP contribution >= 0.6 is 0 Å². The zero-order valence-electron chi connectivity index (χ0n) is 12.3. The molecular weight excluding hydrogens is 210 g/mol. The molecule has 1 aliphatic carbocycles. The van der Waals surface area contributed by atoms with Gasteiger partial charge in [-0.15, -0.1) is 0 Å². The molecule has 0 amide bonds. The number of nitrogens with one attached hydrogen (secondary N) is 1. The Balaban J connectivity index is 2.28. The molecule has 0 aromatic rings. The van der Waals surface area contributed by atoms with Crippen LogP contribution in [0, 0.1) is 17.3 Å². The van der Waals surface area contributed by atoms with Gasteiger partial charge in [-0.2, -0.15) is 0 Å². The van der Waals surface area contributed by atoms with Gasteiger partial charge in [-0.1, -0.05) is 34.6 Å². The van der Waals surface area contributed by atoms with Crippen LogP contribution < -0.4 is 5.32 Å². The van der Waals surface area contributed by atoms with Crippen LogP contribution in [-0.4, -0.2) is 23.8 Å². The van der Waals surface area contributed by atoms with E-state index in [-0.39, 0.29) is 6.10 Å². The fourth-order valence-corrected chi connectivity index (χ4v) is 3.16. The average Bonchev–Trinajstić information content (AvgIpc) is 2.13. The predicted molar refractivity (Wildman–Crippen MR) is 74.0 cm³/mol. The summed E-state index contributed by atoms with van der Waals surface area (Å²) in [6.45, 7) is 12.2. The topological polar surface area (TPSA) is 32.3 Å². The molecule has 1 rings (SSSR count). The van der Waals surface area contributed by atoms with E-state index >= 15 is 0 Å². The number of hydrogen-bond donors (Lipinski definition) is 2. The summed E-state index contributed by atoms with van der Waals surface area (Å²) in [5.41, 5.74) is 0.508. The van der Waals surface area contributed by atoms with Crippen LogP contribution in [0.2, 0.25) is 0 Å². The normalized spacial score (nSPS) is 30.5. The lowest BCUT2D eigenvalue weighted by molar-refractivity contribution is 0.113. The highest BCUT2D eigenvalue weighted by molar-refractivity contribution is 4.87. The average molecular weight is 241 g/mol. The summed E-state index contributed by atoms with van der Waals surface area (Å²) in [6, 6.07) is 0.602. The van der Waals surface area contributed by atoms with Gasteiger partial charge in [-0.05, 0) is 42.9 Å². The Morgan fingerprint density at radius 3 is 2.53 bits per heavy atom. The molecule has 3 atom stereocenters. The van der Waals surface area contributed by atoms with E-state index in [4.69, 9.17) is 0 Å². The van der Waals surface area contributed by atoms with Gasteiger partial charge in [-0.3, -0.25) is 0 Å². The molecule has 1 saturated carbocycles. The largest absolute Gasteiger partial charge is 0.392 e. The zero-order chi connectivity index (χ0) is 13.1. The number of hydrogen-bond acceptors (Lipinski definition) is 2. The summed E-state index contributed by atoms with van der Waals surface area (Å²) in [6.07, 6.45) is 4.57. The van der Waals surface area contributed by atoms with Crippen molar-refractivity contribution < 1.29 is 5.11 Å². The fraction of sp³-hybridized carbons (Fsp3) is 1.00. The van der Waals surface area contributed by atoms with Crippen LogP contribution in [0.1, 0.15) is 60.3 Å². The summed E-state index contributed by atoms with van der Waals surface area (Å²) >= 11 is 0. The minimum absolute atomic E-state index is 0.183. The molecule has 0 bridgehead atoms. The Morgan fingerprint density at radius 2 is 2.00 bits per heavy atom. The molecule has 0 spiro atoms. The standard InChI is InChI=1S/C15H31NO/c1-11(2)8-13(17)10-16-14-6-7-15(4,5)9-12(14)3/h11-14,16-17H,6-10H2,1-5H3. The van der Waals surface area contributed by atoms with Crippen molar-refractivity contribution in [2.45, 2.75) is 72.4 Å². The lowest BCUT2D eigenvalue weighted by atomic mass is 9.70. The van der Waals surface area contributed by atoms with Crippen molar-refractivity contribution in [3.63, 3.8) is 0 Å². The molecule has 0 heterocycles. The molecule has 0 saturated heterocycles. The van der Waals surface area contributed by atoms with Crippen LogP contribution in [0.25, 0.3) is 0 Å². The lowest BCUT2D eigenvalue weighted by Crippen LogP contribution is -2.44. The molecule has 2 N–H and O–H groups in total. The first-order valence-electron chi connectivity index (χ1n) is 7.21. The minimum atomic E-state index is -0.183. The first kappa shape index (κ1) is 15.0. The van der Waals surface area contributed by atoms with Crippen LogP contribution in [0.3, 0.4) is 0 Å². The van der Waals surface area contributed by atoms with E-state index in [1.165, 1.54) is 19.3 Å². The van der Waals surface area contributed by atoms with E-state index in [1.54, 1.807) is 0 Å². The second-order valence-electron chi connectivity index (χ2n) is 7.18. The second-order valence-corrected chi connectivity index (χ2v) is 7.18. The Bertz CT molecular complexity index is 225. The van der Waals surface area contributed by atoms with Crippen molar-refractivity contribution in [1.29, 1.82) is 0 Å². The Hall–Kier alpha value is -0.0800. The Kier molecular flexibility index (Phi) is 5.46. The third-order valence-electron chi connectivity index (χ3n) is 4.05. The van der Waals surface area contributed by atoms with Crippen LogP contribution in [0.5, 0.6) is 0 Å². The zero-order valence-corrected chi connectivity index (χ0v) is 12.3. The van der Waals surface area contributed by atoms with Gasteiger partial charge >= 0.3 is 0 Å². The van der Waals surface area contributed by atoms with Crippen molar-refractivity contribution in [1.82, 2.24) is 5.32 Å². The van der Waals surface area contributed by atoms with Gasteiger partial charge < -0.3 is 10.4 Å². The fourth-order valence-electron chi connectivity index (χ4n) is 3.16. The van der Waals surface area contributed by atoms with Gasteiger partial charge in [0.15, 0.2) is 0 Å². The second kappa shape index (κ2) is 6.19. The molecule has 2 nitrogen and oxygen atoms in total. The highest BCUT2D eigenvalue weighted by Gasteiger charge is 2.32. The molecule has 17 heavy (non-hydrogen) atoms. The number of rotatable bonds is 5. The van der Waals surface area contributed by atoms with E-state index in [1.807, 2.05) is 0 Å². The van der Waals surface area contributed by atoms with E-state index in [2.05, 4.69) is 39.9 Å². The van der Waals surface area contributed by atoms with Crippen molar-refractivity contribution in [3.8, 4) is 0 Å². The monoisotopic (exact) mass is 241 g/mol. The first-order valence-corrected chi connectivity index (χ1v) is 7.21. The highest BCUT2D eigenvalue weighted by atomic mass is 16.3. The summed E-state index contributed by atoms with van der Waals surface area (Å²) in [7, 11) is 0. The Morgan fingerprint density at radius 1 is 1.35 bits per heavy atom. The van der Waals surface area contributed by atoms with Gasteiger partial charge in [0.05, 0.1) is 6.10 Å². The molecule has 3 unspecified atom stereocenters. The van der Waals surface area contributed by atoms with E-state index in [0.717, 1.165) is 18.9 Å². The maximum absolute atomic E-state index is 9.88. The van der Waals surface area contributed by atoms with Crippen LogP contribution in [0.4, 0.5) is 0 Å². The van der Waals surface area contributed by atoms with Crippen molar-refractivity contribution in [2.24, 2.45) is 17.3 Å². The minimum Gasteiger partial charge on any atom is -0.392 e. The molecule has 102 valence electrons. The van der Waals surface area contributed by atoms with Crippen LogP contribution in [0.15, 0.2) is 0 Å². The molecule has 1 fully saturated rings. The van der Waals surface area contributed by atoms with E-state index in [0.29, 0.717) is 17.4 Å². The first-order chi connectivity index (χ1) is 7.80. The van der Waals surface area contributed by atoms with Gasteiger partial charge in [0.2, 0.25) is 0 Å². The quantitative estimate of drug-likeness (QED) is 0.775. The lowest BCUT2D eigenvalue weighted by Gasteiger charge is -2.40. The highest BCUT2D eigenvalue weighted by Crippen LogP contribution is 2.38. The van der Waals surface area contributed by atoms with Crippen LogP contribution in [-0.2, 0) is 0 Å². The molecule has 0 aromatic heterocycles. The third kappa shape index (κ3) is 5.39. The SMILES string of the molecule is CC(C)CC(O)CNC1CCC(C)(C)CC1C. The number of aliphatic hydroxyl groups excluding tert-OH is 1. The Labute approximate surface area is 107 Å². The van der Waals surface area contributed by atoms with Gasteiger partial charge in [0, 0.05) is 12.6 Å². The molecule has 1 aliphatic rings. The molecule has 0 aromatic carbocycles. The maximum atomic E-state index is 9.88. The number of aliphatic hydroxyl groups is 1. The maximum Gasteiger partial charge on any atom is 0.0667 e. The van der Waals surface area contributed by atoms with E-state index < -0.39 is 0 Å². The van der Waals surface area contributed by atoms with Gasteiger partial charge in [0.1, 0.15) is 0 Å². The molecular formula is C15H31NO. The molecule has 0 radical (unpaired) electrons. The van der Waals surface area contributed by atoms with Gasteiger partial charge in [0.25, 0.3) is 0 Å². The van der Waals surface area contributed by atoms with E-state index in [9.17, 15) is 5.11 Å². The summed E-state index contributed by atoms with van der Waals surface area (Å²) in [5, 5.41) is 13.4.